The van der Waals surface area contributed by atoms with Crippen molar-refractivity contribution in [2.45, 2.75) is 38.8 Å². The molecule has 27 heavy (non-hydrogen) atoms. The summed E-state index contributed by atoms with van der Waals surface area (Å²) in [6.45, 7) is 10.6. The molecule has 5 nitrogen and oxygen atoms in total. The average Bonchev–Trinajstić information content (AvgIpc) is 3.32. The number of thioether (sulfide) groups is 1. The molecule has 1 unspecified atom stereocenters. The Morgan fingerprint density at radius 2 is 2.07 bits per heavy atom. The molecule has 0 bridgehead atoms. The van der Waals surface area contributed by atoms with Crippen LogP contribution in [-0.2, 0) is 4.79 Å². The summed E-state index contributed by atoms with van der Waals surface area (Å²) < 4.78 is 2.07. The molecule has 2 aromatic rings. The van der Waals surface area contributed by atoms with Crippen LogP contribution in [0.15, 0.2) is 35.7 Å². The second-order valence-corrected chi connectivity index (χ2v) is 8.52. The Labute approximate surface area is 166 Å². The van der Waals surface area contributed by atoms with Gasteiger partial charge in [-0.15, -0.1) is 0 Å². The number of rotatable bonds is 8. The molecule has 1 aliphatic rings. The van der Waals surface area contributed by atoms with Crippen molar-refractivity contribution >= 4 is 17.7 Å². The molecule has 1 N–H and O–H groups in total. The van der Waals surface area contributed by atoms with E-state index in [0.717, 1.165) is 23.9 Å². The molecule has 1 aromatic carbocycles. The summed E-state index contributed by atoms with van der Waals surface area (Å²) in [5.74, 6) is 0.941. The lowest BCUT2D eigenvalue weighted by molar-refractivity contribution is -0.118. The van der Waals surface area contributed by atoms with Crippen molar-refractivity contribution in [1.82, 2.24) is 19.8 Å². The second-order valence-electron chi connectivity index (χ2n) is 7.58. The van der Waals surface area contributed by atoms with E-state index < -0.39 is 0 Å². The highest BCUT2D eigenvalue weighted by Gasteiger charge is 2.16. The first-order chi connectivity index (χ1) is 13.0. The fraction of sp³-hybridized carbons (Fsp3) is 0.524. The van der Waals surface area contributed by atoms with Gasteiger partial charge < -0.3 is 10.2 Å². The number of carbonyl (C=O) groups excluding carboxylic acids is 1. The van der Waals surface area contributed by atoms with E-state index >= 15 is 0 Å². The predicted octanol–water partition coefficient (Wildman–Crippen LogP) is 3.43. The summed E-state index contributed by atoms with van der Waals surface area (Å²) >= 11 is 1.49. The smallest absolute Gasteiger partial charge is 0.230 e. The number of nitrogens with one attached hydrogen (secondary N) is 1. The molecule has 6 heteroatoms. The van der Waals surface area contributed by atoms with Crippen LogP contribution in [0.25, 0.3) is 5.69 Å². The minimum Gasteiger partial charge on any atom is -0.355 e. The highest BCUT2D eigenvalue weighted by Crippen LogP contribution is 2.23. The lowest BCUT2D eigenvalue weighted by Gasteiger charge is -2.20. The minimum absolute atomic E-state index is 0.0730. The number of nitrogens with zero attached hydrogens (tertiary/aromatic N) is 3. The van der Waals surface area contributed by atoms with E-state index in [1.54, 1.807) is 6.20 Å². The Morgan fingerprint density at radius 1 is 1.30 bits per heavy atom. The molecule has 1 aromatic heterocycles. The third-order valence-corrected chi connectivity index (χ3v) is 5.95. The molecule has 1 amide bonds. The van der Waals surface area contributed by atoms with Crippen LogP contribution >= 0.6 is 11.8 Å². The average molecular weight is 387 g/mol. The van der Waals surface area contributed by atoms with E-state index in [4.69, 9.17) is 0 Å². The van der Waals surface area contributed by atoms with Crippen molar-refractivity contribution in [2.75, 3.05) is 31.9 Å². The highest BCUT2D eigenvalue weighted by molar-refractivity contribution is 7.99. The molecule has 146 valence electrons. The fourth-order valence-electron chi connectivity index (χ4n) is 3.50. The fourth-order valence-corrected chi connectivity index (χ4v) is 4.29. The van der Waals surface area contributed by atoms with E-state index in [1.807, 2.05) is 6.20 Å². The Hall–Kier alpha value is -1.79. The van der Waals surface area contributed by atoms with Crippen LogP contribution in [0.5, 0.6) is 0 Å². The second kappa shape index (κ2) is 9.42. The number of amides is 1. The molecule has 1 saturated heterocycles. The van der Waals surface area contributed by atoms with Crippen LogP contribution in [0.4, 0.5) is 0 Å². The number of imidazole rings is 1. The van der Waals surface area contributed by atoms with Crippen molar-refractivity contribution in [1.29, 1.82) is 0 Å². The molecular formula is C21H30N4OS. The van der Waals surface area contributed by atoms with Crippen LogP contribution in [0.3, 0.4) is 0 Å². The first-order valence-electron chi connectivity index (χ1n) is 9.76. The van der Waals surface area contributed by atoms with Crippen molar-refractivity contribution in [3.63, 3.8) is 0 Å². The lowest BCUT2D eigenvalue weighted by Crippen LogP contribution is -2.35. The van der Waals surface area contributed by atoms with Crippen molar-refractivity contribution < 1.29 is 4.79 Å². The van der Waals surface area contributed by atoms with Gasteiger partial charge in [-0.1, -0.05) is 30.8 Å². The Bertz CT molecular complexity index is 767. The Balaban J connectivity index is 1.49. The van der Waals surface area contributed by atoms with E-state index in [-0.39, 0.29) is 5.91 Å². The highest BCUT2D eigenvalue weighted by atomic mass is 32.2. The Kier molecular flexibility index (Phi) is 6.96. The number of hydrogen-bond acceptors (Lipinski definition) is 4. The molecule has 1 fully saturated rings. The van der Waals surface area contributed by atoms with Crippen LogP contribution in [0.1, 0.15) is 30.9 Å². The zero-order chi connectivity index (χ0) is 19.2. The van der Waals surface area contributed by atoms with Crippen molar-refractivity contribution in [3.8, 4) is 5.69 Å². The van der Waals surface area contributed by atoms with Gasteiger partial charge in [-0.2, -0.15) is 0 Å². The van der Waals surface area contributed by atoms with Gasteiger partial charge in [0.1, 0.15) is 0 Å². The molecule has 1 aliphatic heterocycles. The van der Waals surface area contributed by atoms with Gasteiger partial charge in [0.05, 0.1) is 11.4 Å². The van der Waals surface area contributed by atoms with Gasteiger partial charge in [-0.25, -0.2) is 4.98 Å². The van der Waals surface area contributed by atoms with Gasteiger partial charge >= 0.3 is 0 Å². The van der Waals surface area contributed by atoms with E-state index in [1.165, 1.54) is 48.8 Å². The van der Waals surface area contributed by atoms with Crippen LogP contribution in [0.2, 0.25) is 0 Å². The van der Waals surface area contributed by atoms with Gasteiger partial charge in [-0.3, -0.25) is 9.36 Å². The molecule has 0 aliphatic carbocycles. The maximum absolute atomic E-state index is 12.3. The Morgan fingerprint density at radius 3 is 2.85 bits per heavy atom. The summed E-state index contributed by atoms with van der Waals surface area (Å²) in [5.41, 5.74) is 3.53. The van der Waals surface area contributed by atoms with E-state index in [9.17, 15) is 4.79 Å². The summed E-state index contributed by atoms with van der Waals surface area (Å²) in [5, 5.41) is 3.93. The van der Waals surface area contributed by atoms with Crippen molar-refractivity contribution in [3.05, 3.63) is 41.7 Å². The van der Waals surface area contributed by atoms with E-state index in [2.05, 4.69) is 58.7 Å². The number of aromatic nitrogens is 2. The quantitative estimate of drug-likeness (QED) is 0.706. The predicted molar refractivity (Wildman–Crippen MR) is 112 cm³/mol. The number of benzene rings is 1. The van der Waals surface area contributed by atoms with Crippen LogP contribution < -0.4 is 5.32 Å². The maximum Gasteiger partial charge on any atom is 0.230 e. The monoisotopic (exact) mass is 386 g/mol. The van der Waals surface area contributed by atoms with Gasteiger partial charge in [0.15, 0.2) is 5.16 Å². The topological polar surface area (TPSA) is 50.2 Å². The molecular weight excluding hydrogens is 356 g/mol. The summed E-state index contributed by atoms with van der Waals surface area (Å²) in [6, 6.07) is 6.38. The molecule has 1 atom stereocenters. The first kappa shape index (κ1) is 20.0. The van der Waals surface area contributed by atoms with Crippen LogP contribution in [0, 0.1) is 19.8 Å². The standard InChI is InChI=1S/C21H30N4OS/c1-16-6-7-18(3)19(12-16)25-11-8-22-21(25)27-15-20(26)23-13-17(2)14-24-9-4-5-10-24/h6-8,11-12,17H,4-5,9-10,13-15H2,1-3H3,(H,23,26). The summed E-state index contributed by atoms with van der Waals surface area (Å²) in [4.78, 5) is 19.2. The zero-order valence-electron chi connectivity index (χ0n) is 16.6. The summed E-state index contributed by atoms with van der Waals surface area (Å²) in [7, 11) is 0. The third-order valence-electron chi connectivity index (χ3n) is 4.98. The molecule has 0 spiro atoms. The largest absolute Gasteiger partial charge is 0.355 e. The lowest BCUT2D eigenvalue weighted by atomic mass is 10.1. The van der Waals surface area contributed by atoms with E-state index in [0.29, 0.717) is 11.7 Å². The molecule has 2 heterocycles. The number of carbonyl (C=O) groups is 1. The number of hydrogen-bond donors (Lipinski definition) is 1. The van der Waals surface area contributed by atoms with Gasteiger partial charge in [0.25, 0.3) is 0 Å². The number of aryl methyl sites for hydroxylation is 2. The normalized spacial score (nSPS) is 15.8. The summed E-state index contributed by atoms with van der Waals surface area (Å²) in [6.07, 6.45) is 6.37. The van der Waals surface area contributed by atoms with Crippen LogP contribution in [-0.4, -0.2) is 52.3 Å². The van der Waals surface area contributed by atoms with Crippen molar-refractivity contribution in [2.24, 2.45) is 5.92 Å². The number of likely N-dealkylation sites (tertiary alicyclic amines) is 1. The van der Waals surface area contributed by atoms with Gasteiger partial charge in [-0.05, 0) is 62.9 Å². The first-order valence-corrected chi connectivity index (χ1v) is 10.7. The third kappa shape index (κ3) is 5.59. The minimum atomic E-state index is 0.0730. The molecule has 0 saturated carbocycles. The zero-order valence-corrected chi connectivity index (χ0v) is 17.4. The molecule has 0 radical (unpaired) electrons. The SMILES string of the molecule is Cc1ccc(C)c(-n2ccnc2SCC(=O)NCC(C)CN2CCCC2)c1. The van der Waals surface area contributed by atoms with Gasteiger partial charge in [0.2, 0.25) is 5.91 Å². The molecule has 3 rings (SSSR count). The maximum atomic E-state index is 12.3. The van der Waals surface area contributed by atoms with Gasteiger partial charge in [0, 0.05) is 25.5 Å².